The standard InChI is InChI=1S/C22H30O7Si2.C20H30O7Si2.C19H8O10.C14H22O7Si2/c1-30(2,13-7-9-5-11(13)17-15(9)19(23)27-21(17)25)29-31(3,4)14-8-10-6-12(14)18-16(10)20(24)28-22(18)26;1-28(2,11-5-7-13-15(9-11)19(23)25-17(13)21)27-29(3,4)12-6-8-14-16(10-12)20(24)26-18(14)22;20-14(8-1-3-10-12(5-8)18(24)28-16(10)22)26-7-27-15(21)9-2-4-11-13(6-9)19(25)29-17(11)23;1-22(2,7-9-5-11(15)19-13(9)17)21-23(3,4)8-10-6-12(16)20-14(10)18/h9-18H,5-8H2,1-4H3;11-16H,5-10H2,1-4H3;1-6H,7H2;9-10H,5-8H2,1-4H3. The SMILES string of the molecule is C[Si](C)(CC1CC(=O)OC1=O)O[Si](C)(C)CC1CC(=O)OC1=O.C[Si](C)(O[Si](C)(C)C1CC2CC1C1C(=O)OC(=O)C21)C1CC2CC1C1C(=O)OC(=O)C21.C[Si](C)(O[Si](C)(C)C1CCC2C(=O)OC(=O)C2C1)C1CCC2C(=O)OC(=O)C2C1.O=C(OCOC(=O)c1ccc2c(c1)C(=O)OC2=O)c1ccc2c(c1)C(=O)OC2=O. The smallest absolute Gasteiger partial charge is 0.346 e. The van der Waals surface area contributed by atoms with Gasteiger partial charge in [0.25, 0.3) is 0 Å². The van der Waals surface area contributed by atoms with Gasteiger partial charge in [0.2, 0.25) is 6.79 Å². The number of fused-ring (bicyclic) bond motifs is 14. The summed E-state index contributed by atoms with van der Waals surface area (Å²) < 4.78 is 67.7. The molecule has 2 aromatic carbocycles. The predicted molar refractivity (Wildman–Crippen MR) is 392 cm³/mol. The average Bonchev–Trinajstić information content (AvgIpc) is 1.56. The summed E-state index contributed by atoms with van der Waals surface area (Å²) in [6.45, 7) is 25.2. The summed E-state index contributed by atoms with van der Waals surface area (Å²) in [5, 5.41) is 0. The molecule has 16 rings (SSSR count). The first-order valence-electron chi connectivity index (χ1n) is 38.1. The maximum absolute atomic E-state index is 12.3. The van der Waals surface area contributed by atoms with Crippen LogP contribution >= 0.6 is 0 Å². The lowest BCUT2D eigenvalue weighted by Crippen LogP contribution is -2.53. The van der Waals surface area contributed by atoms with Crippen LogP contribution in [-0.4, -0.2) is 164 Å². The van der Waals surface area contributed by atoms with E-state index in [2.05, 4.69) is 71.3 Å². The average molecular weight is 1660 g/mol. The van der Waals surface area contributed by atoms with Gasteiger partial charge in [0, 0.05) is 0 Å². The van der Waals surface area contributed by atoms with E-state index in [1.807, 2.05) is 26.2 Å². The van der Waals surface area contributed by atoms with Gasteiger partial charge in [0.15, 0.2) is 49.9 Å². The summed E-state index contributed by atoms with van der Waals surface area (Å²) in [5.74, 6) is -11.9. The number of hydrogen-bond acceptors (Lipinski definition) is 31. The summed E-state index contributed by atoms with van der Waals surface area (Å²) in [5.41, 5.74) is 1.16. The molecule has 18 unspecified atom stereocenters. The molecule has 112 heavy (non-hydrogen) atoms. The zero-order valence-corrected chi connectivity index (χ0v) is 70.1. The summed E-state index contributed by atoms with van der Waals surface area (Å²) in [7, 11) is -13.0. The van der Waals surface area contributed by atoms with Crippen LogP contribution in [0.2, 0.25) is 113 Å². The van der Waals surface area contributed by atoms with Crippen molar-refractivity contribution >= 4 is 157 Å². The highest BCUT2D eigenvalue weighted by Crippen LogP contribution is 2.66. The second-order valence-electron chi connectivity index (χ2n) is 35.4. The fraction of sp³-hybridized carbons (Fsp3) is 0.600. The maximum Gasteiger partial charge on any atom is 0.346 e. The first kappa shape index (κ1) is 81.7. The van der Waals surface area contributed by atoms with E-state index < -0.39 is 128 Å². The topological polar surface area (TPSA) is 427 Å². The Labute approximate surface area is 649 Å². The van der Waals surface area contributed by atoms with Crippen molar-refractivity contribution in [2.45, 2.75) is 190 Å². The van der Waals surface area contributed by atoms with Crippen LogP contribution in [0.4, 0.5) is 0 Å². The van der Waals surface area contributed by atoms with E-state index in [0.29, 0.717) is 59.9 Å². The van der Waals surface area contributed by atoms with Crippen molar-refractivity contribution in [3.63, 3.8) is 0 Å². The molecule has 6 saturated carbocycles. The fourth-order valence-electron chi connectivity index (χ4n) is 21.1. The first-order valence-corrected chi connectivity index (χ1v) is 56.3. The van der Waals surface area contributed by atoms with Gasteiger partial charge < -0.3 is 59.7 Å². The number of esters is 18. The molecule has 2 aromatic rings. The maximum atomic E-state index is 12.3. The fourth-order valence-corrected chi connectivity index (χ4v) is 52.0. The van der Waals surface area contributed by atoms with E-state index in [4.69, 9.17) is 40.8 Å². The van der Waals surface area contributed by atoms with Crippen molar-refractivity contribution in [2.24, 2.45) is 82.9 Å². The van der Waals surface area contributed by atoms with Crippen molar-refractivity contribution < 1.29 is 146 Å². The second kappa shape index (κ2) is 30.1. The minimum absolute atomic E-state index is 0.0339. The Bertz CT molecular complexity index is 4190. The molecular weight excluding hydrogens is 1570 g/mol. The lowest BCUT2D eigenvalue weighted by molar-refractivity contribution is -0.156. The Balaban J connectivity index is 0.000000132. The normalized spacial score (nSPS) is 31.9. The van der Waals surface area contributed by atoms with E-state index >= 15 is 0 Å². The van der Waals surface area contributed by atoms with E-state index in [0.717, 1.165) is 50.7 Å². The Hall–Kier alpha value is -8.32. The van der Waals surface area contributed by atoms with Gasteiger partial charge in [0.05, 0.1) is 105 Å². The van der Waals surface area contributed by atoms with E-state index in [9.17, 15) is 86.3 Å². The summed E-state index contributed by atoms with van der Waals surface area (Å²) in [4.78, 5) is 212. The Morgan fingerprint density at radius 1 is 0.348 bits per heavy atom. The molecule has 12 fully saturated rings. The molecular formula is C75H90O31Si6. The molecule has 37 heteroatoms. The minimum Gasteiger partial charge on any atom is -0.455 e. The molecule has 6 saturated heterocycles. The Kier molecular flexibility index (Phi) is 22.0. The lowest BCUT2D eigenvalue weighted by atomic mass is 9.81. The van der Waals surface area contributed by atoms with Gasteiger partial charge in [-0.3, -0.25) is 57.5 Å². The molecule has 0 radical (unpaired) electrons. The zero-order chi connectivity index (χ0) is 81.3. The highest BCUT2D eigenvalue weighted by atomic mass is 28.4. The largest absolute Gasteiger partial charge is 0.455 e. The van der Waals surface area contributed by atoms with E-state index in [-0.39, 0.29) is 165 Å². The Morgan fingerprint density at radius 3 is 1.05 bits per heavy atom. The monoisotopic (exact) mass is 1650 g/mol. The third-order valence-corrected chi connectivity index (χ3v) is 51.4. The number of carbonyl (C=O) groups is 18. The lowest BCUT2D eigenvalue weighted by Gasteiger charge is -2.46. The summed E-state index contributed by atoms with van der Waals surface area (Å²) >= 11 is 0. The summed E-state index contributed by atoms with van der Waals surface area (Å²) in [6, 6.07) is 8.31. The molecule has 14 aliphatic rings. The number of cyclic esters (lactones) is 16. The van der Waals surface area contributed by atoms with E-state index in [1.165, 1.54) is 24.3 Å². The minimum atomic E-state index is -2.21. The van der Waals surface area contributed by atoms with Crippen LogP contribution in [0.3, 0.4) is 0 Å². The van der Waals surface area contributed by atoms with Gasteiger partial charge in [-0.15, -0.1) is 0 Å². The zero-order valence-electron chi connectivity index (χ0n) is 64.1. The molecule has 0 N–H and O–H groups in total. The van der Waals surface area contributed by atoms with Crippen molar-refractivity contribution in [1.82, 2.24) is 0 Å². The van der Waals surface area contributed by atoms with Crippen LogP contribution in [0, 0.1) is 82.9 Å². The van der Waals surface area contributed by atoms with Gasteiger partial charge in [-0.25, -0.2) is 28.8 Å². The molecule has 31 nitrogen and oxygen atoms in total. The van der Waals surface area contributed by atoms with Crippen LogP contribution < -0.4 is 0 Å². The highest BCUT2D eigenvalue weighted by molar-refractivity contribution is 6.87. The van der Waals surface area contributed by atoms with Crippen LogP contribution in [0.5, 0.6) is 0 Å². The third kappa shape index (κ3) is 16.0. The number of rotatable bonds is 18. The van der Waals surface area contributed by atoms with Gasteiger partial charge >= 0.3 is 107 Å². The van der Waals surface area contributed by atoms with Crippen LogP contribution in [0.25, 0.3) is 0 Å². The molecule has 6 aliphatic carbocycles. The van der Waals surface area contributed by atoms with Crippen molar-refractivity contribution in [3.05, 3.63) is 69.8 Å². The van der Waals surface area contributed by atoms with Crippen molar-refractivity contribution in [3.8, 4) is 0 Å². The van der Waals surface area contributed by atoms with Gasteiger partial charge in [-0.1, -0.05) is 0 Å². The van der Waals surface area contributed by atoms with Gasteiger partial charge in [-0.2, -0.15) is 0 Å². The molecule has 0 aromatic heterocycles. The van der Waals surface area contributed by atoms with Crippen LogP contribution in [-0.2, 0) is 117 Å². The molecule has 18 atom stereocenters. The second-order valence-corrected chi connectivity index (χ2v) is 61.7. The van der Waals surface area contributed by atoms with Crippen LogP contribution in [0.1, 0.15) is 139 Å². The summed E-state index contributed by atoms with van der Waals surface area (Å²) in [6.07, 6.45) is 8.56. The Morgan fingerprint density at radius 2 is 0.688 bits per heavy atom. The van der Waals surface area contributed by atoms with Crippen LogP contribution in [0.15, 0.2) is 36.4 Å². The number of hydrogen-bond donors (Lipinski definition) is 0. The molecule has 0 amide bonds. The van der Waals surface area contributed by atoms with Crippen molar-refractivity contribution in [2.75, 3.05) is 6.79 Å². The molecule has 4 bridgehead atoms. The predicted octanol–water partition coefficient (Wildman–Crippen LogP) is 8.89. The molecule has 8 heterocycles. The highest BCUT2D eigenvalue weighted by Gasteiger charge is 2.69. The van der Waals surface area contributed by atoms with Gasteiger partial charge in [-0.05, 0) is 237 Å². The number of ether oxygens (including phenoxy) is 10. The van der Waals surface area contributed by atoms with Crippen molar-refractivity contribution in [1.29, 1.82) is 0 Å². The van der Waals surface area contributed by atoms with Gasteiger partial charge in [0.1, 0.15) is 0 Å². The van der Waals surface area contributed by atoms with E-state index in [1.54, 1.807) is 0 Å². The number of carbonyl (C=O) groups excluding carboxylic acids is 18. The number of benzene rings is 2. The first-order chi connectivity index (χ1) is 52.3. The molecule has 8 aliphatic heterocycles. The molecule has 0 spiro atoms. The molecule has 600 valence electrons. The third-order valence-electron chi connectivity index (χ3n) is 25.7. The quantitative estimate of drug-likeness (QED) is 0.0441.